The summed E-state index contributed by atoms with van der Waals surface area (Å²) >= 11 is 1.40. The van der Waals surface area contributed by atoms with Crippen LogP contribution in [0.5, 0.6) is 0 Å². The van der Waals surface area contributed by atoms with Gasteiger partial charge in [-0.3, -0.25) is 9.78 Å². The fourth-order valence-corrected chi connectivity index (χ4v) is 2.98. The molecule has 0 radical (unpaired) electrons. The van der Waals surface area contributed by atoms with Gasteiger partial charge in [0.25, 0.3) is 5.91 Å². The molecule has 0 aromatic carbocycles. The van der Waals surface area contributed by atoms with Crippen molar-refractivity contribution in [1.82, 2.24) is 35.7 Å². The van der Waals surface area contributed by atoms with Gasteiger partial charge in [-0.15, -0.1) is 16.4 Å². The molecule has 27 heavy (non-hydrogen) atoms. The lowest BCUT2D eigenvalue weighted by atomic mass is 10.2. The molecule has 4 aromatic rings. The predicted molar refractivity (Wildman–Crippen MR) is 96.2 cm³/mol. The molecule has 4 heterocycles. The van der Waals surface area contributed by atoms with Crippen LogP contribution in [-0.2, 0) is 0 Å². The number of aromatic nitrogens is 6. The van der Waals surface area contributed by atoms with Gasteiger partial charge in [0.05, 0.1) is 11.1 Å². The molecule has 0 fully saturated rings. The first-order valence-electron chi connectivity index (χ1n) is 7.55. The predicted octanol–water partition coefficient (Wildman–Crippen LogP) is 1.12. The van der Waals surface area contributed by atoms with Crippen LogP contribution in [0.4, 0.5) is 5.82 Å². The number of carbonyl (C=O) groups is 1. The highest BCUT2D eigenvalue weighted by Gasteiger charge is 2.25. The first-order valence-corrected chi connectivity index (χ1v) is 8.43. The Bertz CT molecular complexity index is 1090. The molecule has 0 aliphatic heterocycles. The molecule has 134 valence electrons. The van der Waals surface area contributed by atoms with Crippen molar-refractivity contribution in [2.75, 3.05) is 5.73 Å². The van der Waals surface area contributed by atoms with E-state index >= 15 is 0 Å². The summed E-state index contributed by atoms with van der Waals surface area (Å²) in [5.74, 6) is -0.372. The highest BCUT2D eigenvalue weighted by atomic mass is 32.1. The summed E-state index contributed by atoms with van der Waals surface area (Å²) in [6.45, 7) is 0. The minimum atomic E-state index is -0.542. The van der Waals surface area contributed by atoms with Gasteiger partial charge >= 0.3 is 0 Å². The molecule has 0 aliphatic rings. The maximum absolute atomic E-state index is 12.6. The number of carbonyl (C=O) groups excluding carboxylic acids is 1. The largest absolute Gasteiger partial charge is 0.378 e. The third kappa shape index (κ3) is 3.28. The lowest BCUT2D eigenvalue weighted by molar-refractivity contribution is 0.0951. The van der Waals surface area contributed by atoms with Gasteiger partial charge in [0.2, 0.25) is 11.6 Å². The zero-order valence-corrected chi connectivity index (χ0v) is 14.4. The third-order valence-corrected chi connectivity index (χ3v) is 4.28. The second kappa shape index (κ2) is 7.13. The van der Waals surface area contributed by atoms with Crippen LogP contribution in [-0.4, -0.2) is 42.4 Å². The Morgan fingerprint density at radius 3 is 2.96 bits per heavy atom. The number of hydrazone groups is 1. The Hall–Kier alpha value is -3.93. The number of nitrogens with zero attached hydrogens (tertiary/aromatic N) is 7. The van der Waals surface area contributed by atoms with E-state index in [1.807, 2.05) is 17.5 Å². The lowest BCUT2D eigenvalue weighted by Gasteiger charge is -2.03. The van der Waals surface area contributed by atoms with Gasteiger partial charge in [-0.2, -0.15) is 9.78 Å². The van der Waals surface area contributed by atoms with Crippen LogP contribution in [0.2, 0.25) is 0 Å². The van der Waals surface area contributed by atoms with E-state index in [1.54, 1.807) is 24.5 Å². The normalized spacial score (nSPS) is 11.1. The van der Waals surface area contributed by atoms with Crippen molar-refractivity contribution in [3.05, 3.63) is 53.3 Å². The molecule has 11 nitrogen and oxygen atoms in total. The Labute approximate surface area is 155 Å². The number of rotatable bonds is 5. The monoisotopic (exact) mass is 381 g/mol. The van der Waals surface area contributed by atoms with Gasteiger partial charge in [-0.25, -0.2) is 10.1 Å². The number of hydrogen-bond donors (Lipinski definition) is 2. The molecule has 0 saturated heterocycles. The number of nitrogen functional groups attached to an aromatic ring is 1. The molecule has 0 unspecified atom stereocenters. The van der Waals surface area contributed by atoms with Gasteiger partial charge in [0, 0.05) is 18.0 Å². The number of nitrogens with two attached hydrogens (primary N) is 1. The maximum Gasteiger partial charge on any atom is 0.294 e. The van der Waals surface area contributed by atoms with Crippen LogP contribution in [0.15, 0.2) is 51.8 Å². The molecular formula is C15H11N9O2S. The number of hydrogen-bond acceptors (Lipinski definition) is 10. The number of amides is 1. The quantitative estimate of drug-likeness (QED) is 0.385. The van der Waals surface area contributed by atoms with Gasteiger partial charge < -0.3 is 5.73 Å². The highest BCUT2D eigenvalue weighted by Crippen LogP contribution is 2.29. The van der Waals surface area contributed by atoms with Crippen molar-refractivity contribution in [2.24, 2.45) is 5.10 Å². The second-order valence-corrected chi connectivity index (χ2v) is 6.08. The molecule has 0 aliphatic carbocycles. The van der Waals surface area contributed by atoms with Crippen LogP contribution in [0.1, 0.15) is 16.1 Å². The van der Waals surface area contributed by atoms with Crippen molar-refractivity contribution < 1.29 is 9.42 Å². The summed E-state index contributed by atoms with van der Waals surface area (Å²) in [4.78, 5) is 17.3. The summed E-state index contributed by atoms with van der Waals surface area (Å²) in [7, 11) is 0. The van der Waals surface area contributed by atoms with E-state index in [0.717, 1.165) is 10.4 Å². The van der Waals surface area contributed by atoms with Gasteiger partial charge in [0.1, 0.15) is 5.69 Å². The molecule has 3 N–H and O–H groups in total. The maximum atomic E-state index is 12.6. The zero-order valence-electron chi connectivity index (χ0n) is 13.6. The van der Waals surface area contributed by atoms with E-state index in [4.69, 9.17) is 5.73 Å². The van der Waals surface area contributed by atoms with Crippen LogP contribution >= 0.6 is 11.3 Å². The molecule has 0 saturated carbocycles. The molecule has 1 amide bonds. The Balaban J connectivity index is 1.66. The molecule has 4 aromatic heterocycles. The fourth-order valence-electron chi connectivity index (χ4n) is 2.23. The van der Waals surface area contributed by atoms with Gasteiger partial charge in [0.15, 0.2) is 5.69 Å². The highest BCUT2D eigenvalue weighted by molar-refractivity contribution is 7.13. The third-order valence-electron chi connectivity index (χ3n) is 3.40. The molecular weight excluding hydrogens is 370 g/mol. The van der Waals surface area contributed by atoms with E-state index < -0.39 is 5.91 Å². The number of anilines is 1. The van der Waals surface area contributed by atoms with Gasteiger partial charge in [-0.1, -0.05) is 17.3 Å². The van der Waals surface area contributed by atoms with Gasteiger partial charge in [-0.05, 0) is 27.8 Å². The van der Waals surface area contributed by atoms with Crippen molar-refractivity contribution in [3.63, 3.8) is 0 Å². The molecule has 12 heteroatoms. The lowest BCUT2D eigenvalue weighted by Crippen LogP contribution is -2.19. The van der Waals surface area contributed by atoms with E-state index in [2.05, 4.69) is 40.8 Å². The van der Waals surface area contributed by atoms with Crippen molar-refractivity contribution >= 4 is 29.3 Å². The summed E-state index contributed by atoms with van der Waals surface area (Å²) in [6, 6.07) is 7.22. The van der Waals surface area contributed by atoms with E-state index in [1.165, 1.54) is 22.2 Å². The van der Waals surface area contributed by atoms with E-state index in [9.17, 15) is 4.79 Å². The standard InChI is InChI=1S/C15H11N9O2S/c16-13-14(22-26-21-13)24-12(10-4-2-6-27-10)11(19-23-24)15(25)20-18-8-9-3-1-5-17-7-9/h1-8H,(H2,16,21)(H,20,25)/b18-8+. The summed E-state index contributed by atoms with van der Waals surface area (Å²) in [6.07, 6.45) is 4.73. The van der Waals surface area contributed by atoms with E-state index in [0.29, 0.717) is 5.69 Å². The average Bonchev–Trinajstić information content (AvgIpc) is 3.42. The van der Waals surface area contributed by atoms with E-state index in [-0.39, 0.29) is 17.3 Å². The molecule has 0 bridgehead atoms. The Morgan fingerprint density at radius 2 is 2.26 bits per heavy atom. The number of nitrogens with one attached hydrogen (secondary N) is 1. The minimum Gasteiger partial charge on any atom is -0.378 e. The van der Waals surface area contributed by atoms with Crippen molar-refractivity contribution in [1.29, 1.82) is 0 Å². The first kappa shape index (κ1) is 16.5. The molecule has 0 spiro atoms. The van der Waals surface area contributed by atoms with Crippen molar-refractivity contribution in [3.8, 4) is 16.4 Å². The number of thiophene rings is 1. The van der Waals surface area contributed by atoms with Crippen LogP contribution in [0.3, 0.4) is 0 Å². The summed E-state index contributed by atoms with van der Waals surface area (Å²) < 4.78 is 5.92. The SMILES string of the molecule is Nc1nonc1-n1nnc(C(=O)N/N=C/c2cccnc2)c1-c1cccs1. The smallest absolute Gasteiger partial charge is 0.294 e. The minimum absolute atomic E-state index is 0.0271. The van der Waals surface area contributed by atoms with Crippen LogP contribution in [0.25, 0.3) is 16.4 Å². The topological polar surface area (TPSA) is 150 Å². The Morgan fingerprint density at radius 1 is 1.33 bits per heavy atom. The zero-order chi connectivity index (χ0) is 18.6. The molecule has 0 atom stereocenters. The fraction of sp³-hybridized carbons (Fsp3) is 0. The second-order valence-electron chi connectivity index (χ2n) is 5.13. The Kier molecular flexibility index (Phi) is 4.37. The molecule has 4 rings (SSSR count). The van der Waals surface area contributed by atoms with Crippen LogP contribution in [0, 0.1) is 0 Å². The number of pyridine rings is 1. The first-order chi connectivity index (χ1) is 13.2. The van der Waals surface area contributed by atoms with Crippen LogP contribution < -0.4 is 11.2 Å². The summed E-state index contributed by atoms with van der Waals surface area (Å²) in [5.41, 5.74) is 9.37. The van der Waals surface area contributed by atoms with Crippen molar-refractivity contribution in [2.45, 2.75) is 0 Å². The summed E-state index contributed by atoms with van der Waals surface area (Å²) in [5, 5.41) is 20.9. The average molecular weight is 381 g/mol.